The minimum atomic E-state index is -3.46. The lowest BCUT2D eigenvalue weighted by atomic mass is 10.2. The van der Waals surface area contributed by atoms with Crippen molar-refractivity contribution >= 4 is 15.7 Å². The average Bonchev–Trinajstić information content (AvgIpc) is 3.07. The highest BCUT2D eigenvalue weighted by Crippen LogP contribution is 2.12. The highest BCUT2D eigenvalue weighted by atomic mass is 32.2. The molecule has 2 aromatic rings. The SMILES string of the molecule is COc1ccc(C(=O)NCCCCCc2nnc(S(C)(=O)=O)o2)cc1. The highest BCUT2D eigenvalue weighted by molar-refractivity contribution is 7.90. The minimum absolute atomic E-state index is 0.127. The standard InChI is InChI=1S/C16H21N3O5S/c1-23-13-9-7-12(8-10-13)15(20)17-11-5-3-4-6-14-18-19-16(24-14)25(2,21)22/h7-10H,3-6,11H2,1-2H3,(H,17,20). The number of hydrogen-bond donors (Lipinski definition) is 1. The predicted octanol–water partition coefficient (Wildman–Crippen LogP) is 1.62. The predicted molar refractivity (Wildman–Crippen MR) is 90.3 cm³/mol. The van der Waals surface area contributed by atoms with Gasteiger partial charge in [-0.3, -0.25) is 4.79 Å². The number of hydrogen-bond acceptors (Lipinski definition) is 7. The van der Waals surface area contributed by atoms with E-state index in [4.69, 9.17) is 9.15 Å². The smallest absolute Gasteiger partial charge is 0.335 e. The maximum atomic E-state index is 12.0. The van der Waals surface area contributed by atoms with E-state index in [1.807, 2.05) is 0 Å². The van der Waals surface area contributed by atoms with Crippen LogP contribution in [0.3, 0.4) is 0 Å². The van der Waals surface area contributed by atoms with Crippen molar-refractivity contribution in [3.63, 3.8) is 0 Å². The molecule has 8 nitrogen and oxygen atoms in total. The summed E-state index contributed by atoms with van der Waals surface area (Å²) < 4.78 is 32.6. The summed E-state index contributed by atoms with van der Waals surface area (Å²) >= 11 is 0. The van der Waals surface area contributed by atoms with Crippen molar-refractivity contribution < 1.29 is 22.4 Å². The molecule has 1 N–H and O–H groups in total. The van der Waals surface area contributed by atoms with Crippen molar-refractivity contribution in [2.24, 2.45) is 0 Å². The molecule has 9 heteroatoms. The van der Waals surface area contributed by atoms with Gasteiger partial charge in [0.15, 0.2) is 0 Å². The highest BCUT2D eigenvalue weighted by Gasteiger charge is 2.16. The van der Waals surface area contributed by atoms with Crippen LogP contribution in [0.5, 0.6) is 5.75 Å². The number of carbonyl (C=O) groups excluding carboxylic acids is 1. The van der Waals surface area contributed by atoms with Crippen LogP contribution in [0, 0.1) is 0 Å². The fourth-order valence-corrected chi connectivity index (χ4v) is 2.55. The summed E-state index contributed by atoms with van der Waals surface area (Å²) in [7, 11) is -1.88. The molecule has 0 aliphatic carbocycles. The second kappa shape index (κ2) is 8.61. The first-order chi connectivity index (χ1) is 11.9. The third-order valence-electron chi connectivity index (χ3n) is 3.47. The Balaban J connectivity index is 1.64. The van der Waals surface area contributed by atoms with Gasteiger partial charge < -0.3 is 14.5 Å². The molecule has 136 valence electrons. The molecule has 25 heavy (non-hydrogen) atoms. The fraction of sp³-hybridized carbons (Fsp3) is 0.438. The van der Waals surface area contributed by atoms with E-state index >= 15 is 0 Å². The fourth-order valence-electron chi connectivity index (χ4n) is 2.11. The van der Waals surface area contributed by atoms with Gasteiger partial charge in [-0.05, 0) is 37.1 Å². The van der Waals surface area contributed by atoms with Crippen LogP contribution in [-0.2, 0) is 16.3 Å². The summed E-state index contributed by atoms with van der Waals surface area (Å²) in [6.45, 7) is 0.559. The van der Waals surface area contributed by atoms with Crippen LogP contribution in [-0.4, -0.2) is 44.4 Å². The van der Waals surface area contributed by atoms with Gasteiger partial charge in [-0.1, -0.05) is 11.5 Å². The van der Waals surface area contributed by atoms with Crippen LogP contribution in [0.25, 0.3) is 0 Å². The minimum Gasteiger partial charge on any atom is -0.497 e. The number of amides is 1. The Kier molecular flexibility index (Phi) is 6.51. The number of methoxy groups -OCH3 is 1. The number of ether oxygens (including phenoxy) is 1. The summed E-state index contributed by atoms with van der Waals surface area (Å²) in [4.78, 5) is 12.0. The second-order valence-corrected chi connectivity index (χ2v) is 7.42. The number of nitrogens with zero attached hydrogens (tertiary/aromatic N) is 2. The Morgan fingerprint density at radius 1 is 1.16 bits per heavy atom. The van der Waals surface area contributed by atoms with Crippen LogP contribution >= 0.6 is 0 Å². The van der Waals surface area contributed by atoms with E-state index in [2.05, 4.69) is 15.5 Å². The first kappa shape index (κ1) is 18.9. The molecule has 1 aromatic carbocycles. The summed E-state index contributed by atoms with van der Waals surface area (Å²) in [5.74, 6) is 0.886. The van der Waals surface area contributed by atoms with E-state index in [1.54, 1.807) is 31.4 Å². The Bertz CT molecular complexity index is 799. The van der Waals surface area contributed by atoms with Crippen molar-refractivity contribution in [1.82, 2.24) is 15.5 Å². The van der Waals surface area contributed by atoms with Gasteiger partial charge in [-0.2, -0.15) is 0 Å². The third-order valence-corrected chi connectivity index (χ3v) is 4.27. The van der Waals surface area contributed by atoms with Gasteiger partial charge in [0.2, 0.25) is 15.7 Å². The molecule has 2 rings (SSSR count). The number of sulfone groups is 1. The lowest BCUT2D eigenvalue weighted by molar-refractivity contribution is 0.0953. The number of benzene rings is 1. The molecule has 0 radical (unpaired) electrons. The summed E-state index contributed by atoms with van der Waals surface area (Å²) in [5, 5.41) is 9.70. The van der Waals surface area contributed by atoms with Crippen molar-refractivity contribution in [2.75, 3.05) is 19.9 Å². The molecule has 0 atom stereocenters. The second-order valence-electron chi connectivity index (χ2n) is 5.53. The summed E-state index contributed by atoms with van der Waals surface area (Å²) in [6.07, 6.45) is 3.95. The maximum Gasteiger partial charge on any atom is 0.335 e. The van der Waals surface area contributed by atoms with Gasteiger partial charge in [0.25, 0.3) is 5.91 Å². The lowest BCUT2D eigenvalue weighted by Gasteiger charge is -2.06. The van der Waals surface area contributed by atoms with Crippen LogP contribution in [0.15, 0.2) is 33.9 Å². The number of nitrogens with one attached hydrogen (secondary N) is 1. The molecule has 0 unspecified atom stereocenters. The van der Waals surface area contributed by atoms with Crippen LogP contribution in [0.2, 0.25) is 0 Å². The Morgan fingerprint density at radius 3 is 2.48 bits per heavy atom. The zero-order valence-corrected chi connectivity index (χ0v) is 15.0. The van der Waals surface area contributed by atoms with E-state index < -0.39 is 9.84 Å². The largest absolute Gasteiger partial charge is 0.497 e. The molecule has 0 spiro atoms. The van der Waals surface area contributed by atoms with Crippen LogP contribution < -0.4 is 10.1 Å². The van der Waals surface area contributed by atoms with Crippen molar-refractivity contribution in [1.29, 1.82) is 0 Å². The van der Waals surface area contributed by atoms with Gasteiger partial charge in [0, 0.05) is 24.8 Å². The normalized spacial score (nSPS) is 11.3. The molecule has 0 aliphatic heterocycles. The van der Waals surface area contributed by atoms with E-state index in [-0.39, 0.29) is 11.1 Å². The van der Waals surface area contributed by atoms with Gasteiger partial charge in [0.05, 0.1) is 7.11 Å². The van der Waals surface area contributed by atoms with Crippen molar-refractivity contribution in [3.8, 4) is 5.75 Å². The molecular weight excluding hydrogens is 346 g/mol. The lowest BCUT2D eigenvalue weighted by Crippen LogP contribution is -2.24. The van der Waals surface area contributed by atoms with E-state index in [0.717, 1.165) is 25.5 Å². The van der Waals surface area contributed by atoms with Gasteiger partial charge in [-0.15, -0.1) is 5.10 Å². The summed E-state index contributed by atoms with van der Waals surface area (Å²) in [6, 6.07) is 6.90. The number of carbonyl (C=O) groups is 1. The Hall–Kier alpha value is -2.42. The quantitative estimate of drug-likeness (QED) is 0.670. The molecule has 0 aliphatic rings. The van der Waals surface area contributed by atoms with Gasteiger partial charge in [0.1, 0.15) is 5.75 Å². The molecule has 0 saturated carbocycles. The molecule has 0 bridgehead atoms. The Morgan fingerprint density at radius 2 is 1.88 bits per heavy atom. The average molecular weight is 367 g/mol. The topological polar surface area (TPSA) is 111 Å². The van der Waals surface area contributed by atoms with Crippen LogP contribution in [0.1, 0.15) is 35.5 Å². The zero-order valence-electron chi connectivity index (χ0n) is 14.2. The number of rotatable bonds is 9. The van der Waals surface area contributed by atoms with Crippen molar-refractivity contribution in [3.05, 3.63) is 35.7 Å². The monoisotopic (exact) mass is 367 g/mol. The molecule has 1 amide bonds. The maximum absolute atomic E-state index is 12.0. The van der Waals surface area contributed by atoms with Gasteiger partial charge in [-0.25, -0.2) is 8.42 Å². The molecule has 0 saturated heterocycles. The molecule has 1 aromatic heterocycles. The van der Waals surface area contributed by atoms with E-state index in [1.165, 1.54) is 0 Å². The molecule has 1 heterocycles. The van der Waals surface area contributed by atoms with Crippen molar-refractivity contribution in [2.45, 2.75) is 30.9 Å². The number of aryl methyl sites for hydroxylation is 1. The first-order valence-electron chi connectivity index (χ1n) is 7.85. The molecule has 0 fully saturated rings. The summed E-state index contributed by atoms with van der Waals surface area (Å²) in [5.41, 5.74) is 0.583. The van der Waals surface area contributed by atoms with E-state index in [0.29, 0.717) is 30.2 Å². The third kappa shape index (κ3) is 5.86. The number of aromatic nitrogens is 2. The van der Waals surface area contributed by atoms with E-state index in [9.17, 15) is 13.2 Å². The molecular formula is C16H21N3O5S. The number of unbranched alkanes of at least 4 members (excludes halogenated alkanes) is 2. The zero-order chi connectivity index (χ0) is 18.3. The van der Waals surface area contributed by atoms with Gasteiger partial charge >= 0.3 is 5.22 Å². The van der Waals surface area contributed by atoms with Crippen LogP contribution in [0.4, 0.5) is 0 Å². The first-order valence-corrected chi connectivity index (χ1v) is 9.74. The Labute approximate surface area is 146 Å².